The Morgan fingerprint density at radius 1 is 1.45 bits per heavy atom. The highest BCUT2D eigenvalue weighted by Gasteiger charge is 2.12. The van der Waals surface area contributed by atoms with Crippen LogP contribution in [0.2, 0.25) is 0 Å². The first-order valence-electron chi connectivity index (χ1n) is 6.36. The van der Waals surface area contributed by atoms with Crippen LogP contribution in [0.3, 0.4) is 0 Å². The van der Waals surface area contributed by atoms with Crippen molar-refractivity contribution in [3.05, 3.63) is 23.5 Å². The molecule has 0 aliphatic carbocycles. The number of hydrogen-bond acceptors (Lipinski definition) is 5. The van der Waals surface area contributed by atoms with Crippen molar-refractivity contribution in [3.63, 3.8) is 0 Å². The zero-order valence-electron chi connectivity index (χ0n) is 11.0. The summed E-state index contributed by atoms with van der Waals surface area (Å²) >= 11 is 0. The Hall–Kier alpha value is -2.44. The van der Waals surface area contributed by atoms with Crippen LogP contribution in [0.15, 0.2) is 16.8 Å². The molecule has 0 atom stereocenters. The fourth-order valence-electron chi connectivity index (χ4n) is 1.80. The van der Waals surface area contributed by atoms with Gasteiger partial charge in [-0.05, 0) is 18.9 Å². The van der Waals surface area contributed by atoms with E-state index in [1.54, 1.807) is 6.07 Å². The van der Waals surface area contributed by atoms with Crippen molar-refractivity contribution in [2.45, 2.75) is 26.2 Å². The molecule has 2 heterocycles. The van der Waals surface area contributed by atoms with Gasteiger partial charge in [0.1, 0.15) is 0 Å². The number of aliphatic carboxylic acids is 1. The topological polar surface area (TPSA) is 105 Å². The van der Waals surface area contributed by atoms with E-state index in [4.69, 9.17) is 9.63 Å². The molecule has 0 radical (unpaired) electrons. The molecule has 0 aliphatic heterocycles. The van der Waals surface area contributed by atoms with Crippen LogP contribution in [0.1, 0.15) is 35.8 Å². The molecule has 20 heavy (non-hydrogen) atoms. The number of aryl methyl sites for hydroxylation is 1. The van der Waals surface area contributed by atoms with Gasteiger partial charge < -0.3 is 14.9 Å². The van der Waals surface area contributed by atoms with Crippen molar-refractivity contribution in [1.82, 2.24) is 15.5 Å². The summed E-state index contributed by atoms with van der Waals surface area (Å²) in [6, 6.07) is 1.68. The number of aromatic nitrogens is 2. The molecule has 2 aromatic rings. The molecule has 0 aromatic carbocycles. The highest BCUT2D eigenvalue weighted by molar-refractivity contribution is 5.96. The van der Waals surface area contributed by atoms with E-state index in [-0.39, 0.29) is 12.3 Å². The average Bonchev–Trinajstić information content (AvgIpc) is 2.85. The zero-order valence-corrected chi connectivity index (χ0v) is 11.0. The number of pyridine rings is 1. The number of hydrogen-bond donors (Lipinski definition) is 2. The molecule has 106 valence electrons. The summed E-state index contributed by atoms with van der Waals surface area (Å²) in [4.78, 5) is 26.3. The summed E-state index contributed by atoms with van der Waals surface area (Å²) in [6.45, 7) is 2.25. The van der Waals surface area contributed by atoms with Gasteiger partial charge in [0.25, 0.3) is 11.6 Å². The molecule has 7 heteroatoms. The van der Waals surface area contributed by atoms with Crippen molar-refractivity contribution in [3.8, 4) is 0 Å². The second kappa shape index (κ2) is 6.14. The van der Waals surface area contributed by atoms with Crippen molar-refractivity contribution < 1.29 is 19.2 Å². The second-order valence-electron chi connectivity index (χ2n) is 4.31. The number of carbonyl (C=O) groups is 2. The fraction of sp³-hybridized carbons (Fsp3) is 0.385. The Balaban J connectivity index is 2.04. The monoisotopic (exact) mass is 277 g/mol. The highest BCUT2D eigenvalue weighted by Crippen LogP contribution is 2.18. The largest absolute Gasteiger partial charge is 0.481 e. The van der Waals surface area contributed by atoms with E-state index in [0.29, 0.717) is 30.7 Å². The third-order valence-electron chi connectivity index (χ3n) is 2.85. The van der Waals surface area contributed by atoms with Crippen LogP contribution in [0.25, 0.3) is 11.1 Å². The van der Waals surface area contributed by atoms with Crippen molar-refractivity contribution in [1.29, 1.82) is 0 Å². The van der Waals surface area contributed by atoms with Crippen molar-refractivity contribution in [2.75, 3.05) is 6.54 Å². The molecule has 2 N–H and O–H groups in total. The Morgan fingerprint density at radius 2 is 2.25 bits per heavy atom. The minimum Gasteiger partial charge on any atom is -0.481 e. The summed E-state index contributed by atoms with van der Waals surface area (Å²) in [5.74, 6) is -1.16. The number of fused-ring (bicyclic) bond motifs is 1. The standard InChI is InChI=1S/C13H15N3O4/c1-2-10-9-6-8(7-15-13(9)20-16-10)12(19)14-5-3-4-11(17)18/h6-7H,2-5H2,1H3,(H,14,19)(H,17,18). The molecule has 1 amide bonds. The minimum atomic E-state index is -0.876. The van der Waals surface area contributed by atoms with E-state index >= 15 is 0 Å². The maximum absolute atomic E-state index is 11.9. The average molecular weight is 277 g/mol. The van der Waals surface area contributed by atoms with E-state index in [9.17, 15) is 9.59 Å². The maximum Gasteiger partial charge on any atom is 0.303 e. The van der Waals surface area contributed by atoms with E-state index < -0.39 is 5.97 Å². The third-order valence-corrected chi connectivity index (χ3v) is 2.85. The van der Waals surface area contributed by atoms with Gasteiger partial charge in [0.2, 0.25) is 0 Å². The van der Waals surface area contributed by atoms with E-state index in [0.717, 1.165) is 11.1 Å². The van der Waals surface area contributed by atoms with Crippen LogP contribution in [-0.4, -0.2) is 33.7 Å². The lowest BCUT2D eigenvalue weighted by atomic mass is 10.1. The van der Waals surface area contributed by atoms with Gasteiger partial charge in [-0.3, -0.25) is 9.59 Å². The Kier molecular flexibility index (Phi) is 4.29. The number of amides is 1. The quantitative estimate of drug-likeness (QED) is 0.773. The van der Waals surface area contributed by atoms with Crippen LogP contribution in [0.5, 0.6) is 0 Å². The SMILES string of the molecule is CCc1noc2ncc(C(=O)NCCCC(=O)O)cc12. The molecule has 0 saturated carbocycles. The molecule has 0 fully saturated rings. The van der Waals surface area contributed by atoms with Crippen molar-refractivity contribution in [2.24, 2.45) is 0 Å². The fourth-order valence-corrected chi connectivity index (χ4v) is 1.80. The lowest BCUT2D eigenvalue weighted by Crippen LogP contribution is -2.25. The molecule has 0 saturated heterocycles. The maximum atomic E-state index is 11.9. The first-order chi connectivity index (χ1) is 9.61. The number of carbonyl (C=O) groups excluding carboxylic acids is 1. The molecule has 0 aliphatic rings. The Morgan fingerprint density at radius 3 is 2.95 bits per heavy atom. The van der Waals surface area contributed by atoms with Gasteiger partial charge in [0.15, 0.2) is 0 Å². The third kappa shape index (κ3) is 3.11. The smallest absolute Gasteiger partial charge is 0.303 e. The molecular weight excluding hydrogens is 262 g/mol. The van der Waals surface area contributed by atoms with Gasteiger partial charge in [-0.25, -0.2) is 4.98 Å². The molecule has 0 spiro atoms. The van der Waals surface area contributed by atoms with E-state index in [1.807, 2.05) is 6.92 Å². The predicted octanol–water partition coefficient (Wildman–Crippen LogP) is 1.38. The van der Waals surface area contributed by atoms with E-state index in [1.165, 1.54) is 6.20 Å². The molecule has 0 unspecified atom stereocenters. The van der Waals surface area contributed by atoms with Gasteiger partial charge in [0.05, 0.1) is 16.6 Å². The first kappa shape index (κ1) is 14.0. The second-order valence-corrected chi connectivity index (χ2v) is 4.31. The summed E-state index contributed by atoms with van der Waals surface area (Å²) in [5.41, 5.74) is 1.57. The lowest BCUT2D eigenvalue weighted by Gasteiger charge is -2.03. The molecule has 2 aromatic heterocycles. The van der Waals surface area contributed by atoms with Crippen LogP contribution in [0.4, 0.5) is 0 Å². The number of rotatable bonds is 6. The predicted molar refractivity (Wildman–Crippen MR) is 70.4 cm³/mol. The molecular formula is C13H15N3O4. The Labute approximate surface area is 115 Å². The summed E-state index contributed by atoms with van der Waals surface area (Å²) in [7, 11) is 0. The van der Waals surface area contributed by atoms with Gasteiger partial charge in [-0.15, -0.1) is 0 Å². The van der Waals surface area contributed by atoms with E-state index in [2.05, 4.69) is 15.5 Å². The summed E-state index contributed by atoms with van der Waals surface area (Å²) in [6.07, 6.45) is 2.53. The first-order valence-corrected chi connectivity index (χ1v) is 6.36. The normalized spacial score (nSPS) is 10.7. The lowest BCUT2D eigenvalue weighted by molar-refractivity contribution is -0.137. The minimum absolute atomic E-state index is 0.0310. The highest BCUT2D eigenvalue weighted by atomic mass is 16.5. The van der Waals surface area contributed by atoms with Crippen LogP contribution < -0.4 is 5.32 Å². The molecule has 0 bridgehead atoms. The van der Waals surface area contributed by atoms with Gasteiger partial charge >= 0.3 is 5.97 Å². The van der Waals surface area contributed by atoms with Crippen LogP contribution >= 0.6 is 0 Å². The molecule has 2 rings (SSSR count). The van der Waals surface area contributed by atoms with Gasteiger partial charge in [-0.1, -0.05) is 12.1 Å². The number of nitrogens with one attached hydrogen (secondary N) is 1. The molecule has 7 nitrogen and oxygen atoms in total. The summed E-state index contributed by atoms with van der Waals surface area (Å²) < 4.78 is 5.04. The van der Waals surface area contributed by atoms with Gasteiger partial charge in [-0.2, -0.15) is 0 Å². The van der Waals surface area contributed by atoms with Crippen LogP contribution in [-0.2, 0) is 11.2 Å². The number of carboxylic acids is 1. The zero-order chi connectivity index (χ0) is 14.5. The number of nitrogens with zero attached hydrogens (tertiary/aromatic N) is 2. The number of carboxylic acid groups (broad SMARTS) is 1. The van der Waals surface area contributed by atoms with Crippen LogP contribution in [0, 0.1) is 0 Å². The van der Waals surface area contributed by atoms with Crippen molar-refractivity contribution >= 4 is 23.0 Å². The Bertz CT molecular complexity index is 636. The summed E-state index contributed by atoms with van der Waals surface area (Å²) in [5, 5.41) is 15.8. The van der Waals surface area contributed by atoms with Gasteiger partial charge in [0, 0.05) is 19.2 Å².